The summed E-state index contributed by atoms with van der Waals surface area (Å²) in [5.74, 6) is -0.0552. The van der Waals surface area contributed by atoms with Crippen molar-refractivity contribution in [1.82, 2.24) is 5.32 Å². The van der Waals surface area contributed by atoms with Crippen LogP contribution in [0, 0.1) is 6.92 Å². The third kappa shape index (κ3) is 3.61. The Labute approximate surface area is 101 Å². The van der Waals surface area contributed by atoms with Gasteiger partial charge in [0.05, 0.1) is 12.1 Å². The maximum atomic E-state index is 11.7. The molecule has 0 saturated carbocycles. The molecule has 1 aromatic rings. The second-order valence-corrected chi connectivity index (χ2v) is 5.39. The van der Waals surface area contributed by atoms with Gasteiger partial charge >= 0.3 is 0 Å². The summed E-state index contributed by atoms with van der Waals surface area (Å²) >= 11 is 1.71. The summed E-state index contributed by atoms with van der Waals surface area (Å²) < 4.78 is 0. The van der Waals surface area contributed by atoms with Crippen LogP contribution in [0.2, 0.25) is 0 Å². The molecule has 90 valence electrons. The van der Waals surface area contributed by atoms with Crippen LogP contribution < -0.4 is 11.1 Å². The van der Waals surface area contributed by atoms with Crippen molar-refractivity contribution >= 4 is 17.2 Å². The summed E-state index contributed by atoms with van der Waals surface area (Å²) in [7, 11) is 0. The molecule has 3 N–H and O–H groups in total. The van der Waals surface area contributed by atoms with Gasteiger partial charge in [-0.05, 0) is 32.4 Å². The van der Waals surface area contributed by atoms with E-state index in [0.29, 0.717) is 0 Å². The lowest BCUT2D eigenvalue weighted by atomic mass is 10.1. The molecule has 1 heterocycles. The highest BCUT2D eigenvalue weighted by atomic mass is 32.1. The van der Waals surface area contributed by atoms with Crippen LogP contribution in [0.5, 0.6) is 0 Å². The van der Waals surface area contributed by atoms with Crippen molar-refractivity contribution in [1.29, 1.82) is 0 Å². The van der Waals surface area contributed by atoms with Crippen molar-refractivity contribution < 1.29 is 4.79 Å². The van der Waals surface area contributed by atoms with E-state index in [1.165, 1.54) is 9.75 Å². The molecule has 3 nitrogen and oxygen atoms in total. The number of carbonyl (C=O) groups excluding carboxylic acids is 1. The van der Waals surface area contributed by atoms with E-state index in [1.807, 2.05) is 13.8 Å². The molecule has 0 radical (unpaired) electrons. The van der Waals surface area contributed by atoms with Crippen LogP contribution in [0.15, 0.2) is 12.1 Å². The van der Waals surface area contributed by atoms with Crippen LogP contribution in [-0.2, 0) is 4.79 Å². The van der Waals surface area contributed by atoms with Gasteiger partial charge in [-0.2, -0.15) is 0 Å². The first-order valence-corrected chi connectivity index (χ1v) is 6.48. The molecule has 1 unspecified atom stereocenters. The van der Waals surface area contributed by atoms with Crippen molar-refractivity contribution in [2.75, 3.05) is 0 Å². The van der Waals surface area contributed by atoms with Crippen LogP contribution >= 0.6 is 11.3 Å². The van der Waals surface area contributed by atoms with Gasteiger partial charge in [0, 0.05) is 9.75 Å². The zero-order chi connectivity index (χ0) is 12.1. The predicted octanol–water partition coefficient (Wildman–Crippen LogP) is 2.36. The Bertz CT molecular complexity index is 349. The topological polar surface area (TPSA) is 55.1 Å². The van der Waals surface area contributed by atoms with Crippen molar-refractivity contribution in [3.05, 3.63) is 21.9 Å². The molecule has 0 aliphatic rings. The first-order valence-electron chi connectivity index (χ1n) is 5.67. The summed E-state index contributed by atoms with van der Waals surface area (Å²) in [5, 5.41) is 2.94. The molecule has 1 aromatic heterocycles. The number of nitrogens with two attached hydrogens (primary N) is 1. The fraction of sp³-hybridized carbons (Fsp3) is 0.583. The minimum Gasteiger partial charge on any atom is -0.347 e. The van der Waals surface area contributed by atoms with Gasteiger partial charge in [0.1, 0.15) is 0 Å². The molecule has 0 fully saturated rings. The van der Waals surface area contributed by atoms with Gasteiger partial charge in [-0.25, -0.2) is 0 Å². The van der Waals surface area contributed by atoms with E-state index in [2.05, 4.69) is 24.4 Å². The second kappa shape index (κ2) is 6.01. The summed E-state index contributed by atoms with van der Waals surface area (Å²) in [6, 6.07) is 3.79. The highest BCUT2D eigenvalue weighted by Crippen LogP contribution is 2.22. The van der Waals surface area contributed by atoms with Crippen LogP contribution in [0.4, 0.5) is 0 Å². The molecule has 0 bridgehead atoms. The quantitative estimate of drug-likeness (QED) is 0.830. The third-order valence-corrected chi connectivity index (χ3v) is 3.67. The molecule has 0 spiro atoms. The maximum Gasteiger partial charge on any atom is 0.237 e. The van der Waals surface area contributed by atoms with Gasteiger partial charge in [-0.1, -0.05) is 13.3 Å². The smallest absolute Gasteiger partial charge is 0.237 e. The van der Waals surface area contributed by atoms with E-state index in [1.54, 1.807) is 11.3 Å². The Morgan fingerprint density at radius 2 is 2.25 bits per heavy atom. The third-order valence-electron chi connectivity index (χ3n) is 2.48. The molecule has 0 saturated heterocycles. The molecule has 1 rings (SSSR count). The van der Waals surface area contributed by atoms with Gasteiger partial charge in [0.25, 0.3) is 0 Å². The van der Waals surface area contributed by atoms with Crippen molar-refractivity contribution in [3.8, 4) is 0 Å². The number of nitrogens with one attached hydrogen (secondary N) is 1. The zero-order valence-corrected chi connectivity index (χ0v) is 10.9. The number of hydrogen-bond acceptors (Lipinski definition) is 3. The Hall–Kier alpha value is -0.870. The van der Waals surface area contributed by atoms with E-state index in [4.69, 9.17) is 5.73 Å². The van der Waals surface area contributed by atoms with Crippen LogP contribution in [0.25, 0.3) is 0 Å². The number of carbonyl (C=O) groups is 1. The minimum absolute atomic E-state index is 0.0501. The lowest BCUT2D eigenvalue weighted by Gasteiger charge is -2.16. The SMILES string of the molecule is CCC[C@H](N)C(=O)NC(C)c1ccc(C)s1. The molecule has 16 heavy (non-hydrogen) atoms. The van der Waals surface area contributed by atoms with Gasteiger partial charge in [-0.3, -0.25) is 4.79 Å². The molecule has 0 aliphatic carbocycles. The first-order chi connectivity index (χ1) is 7.54. The Morgan fingerprint density at radius 1 is 1.56 bits per heavy atom. The zero-order valence-electron chi connectivity index (χ0n) is 10.1. The largest absolute Gasteiger partial charge is 0.347 e. The molecule has 0 aromatic carbocycles. The number of hydrogen-bond donors (Lipinski definition) is 2. The van der Waals surface area contributed by atoms with Crippen LogP contribution in [0.3, 0.4) is 0 Å². The molecular weight excluding hydrogens is 220 g/mol. The summed E-state index contributed by atoms with van der Waals surface area (Å²) in [4.78, 5) is 14.1. The number of amides is 1. The molecular formula is C12H20N2OS. The number of thiophene rings is 1. The lowest BCUT2D eigenvalue weighted by Crippen LogP contribution is -2.41. The predicted molar refractivity (Wildman–Crippen MR) is 68.5 cm³/mol. The fourth-order valence-corrected chi connectivity index (χ4v) is 2.40. The van der Waals surface area contributed by atoms with Crippen molar-refractivity contribution in [2.45, 2.75) is 45.7 Å². The fourth-order valence-electron chi connectivity index (χ4n) is 1.52. The van der Waals surface area contributed by atoms with E-state index in [9.17, 15) is 4.79 Å². The Morgan fingerprint density at radius 3 is 2.75 bits per heavy atom. The van der Waals surface area contributed by atoms with Crippen molar-refractivity contribution in [3.63, 3.8) is 0 Å². The van der Waals surface area contributed by atoms with Crippen LogP contribution in [-0.4, -0.2) is 11.9 Å². The van der Waals surface area contributed by atoms with Gasteiger partial charge in [0.2, 0.25) is 5.91 Å². The number of rotatable bonds is 5. The van der Waals surface area contributed by atoms with Gasteiger partial charge in [0.15, 0.2) is 0 Å². The Balaban J connectivity index is 2.51. The average molecular weight is 240 g/mol. The molecule has 4 heteroatoms. The van der Waals surface area contributed by atoms with E-state index in [-0.39, 0.29) is 18.0 Å². The molecule has 1 amide bonds. The molecule has 2 atom stereocenters. The average Bonchev–Trinajstić information content (AvgIpc) is 2.65. The first kappa shape index (κ1) is 13.2. The lowest BCUT2D eigenvalue weighted by molar-refractivity contribution is -0.123. The normalized spacial score (nSPS) is 14.5. The standard InChI is InChI=1S/C12H20N2OS/c1-4-5-10(13)12(15)14-9(3)11-7-6-8(2)16-11/h6-7,9-10H,4-5,13H2,1-3H3,(H,14,15)/t9?,10-/m0/s1. The molecule has 0 aliphatic heterocycles. The highest BCUT2D eigenvalue weighted by molar-refractivity contribution is 7.12. The maximum absolute atomic E-state index is 11.7. The van der Waals surface area contributed by atoms with Crippen molar-refractivity contribution in [2.24, 2.45) is 5.73 Å². The number of aryl methyl sites for hydroxylation is 1. The van der Waals surface area contributed by atoms with Crippen LogP contribution in [0.1, 0.15) is 42.5 Å². The van der Waals surface area contributed by atoms with Gasteiger partial charge in [-0.15, -0.1) is 11.3 Å². The van der Waals surface area contributed by atoms with E-state index in [0.717, 1.165) is 12.8 Å². The second-order valence-electron chi connectivity index (χ2n) is 4.07. The Kier molecular flexibility index (Phi) is 4.96. The summed E-state index contributed by atoms with van der Waals surface area (Å²) in [6.45, 7) is 6.08. The van der Waals surface area contributed by atoms with Gasteiger partial charge < -0.3 is 11.1 Å². The highest BCUT2D eigenvalue weighted by Gasteiger charge is 2.16. The minimum atomic E-state index is -0.381. The monoisotopic (exact) mass is 240 g/mol. The van der Waals surface area contributed by atoms with E-state index < -0.39 is 0 Å². The summed E-state index contributed by atoms with van der Waals surface area (Å²) in [5.41, 5.74) is 5.75. The van der Waals surface area contributed by atoms with E-state index >= 15 is 0 Å². The summed E-state index contributed by atoms with van der Waals surface area (Å²) in [6.07, 6.45) is 1.67.